The van der Waals surface area contributed by atoms with E-state index in [9.17, 15) is 14.4 Å². The maximum Gasteiger partial charge on any atom is 0.345 e. The first-order chi connectivity index (χ1) is 14.1. The van der Waals surface area contributed by atoms with Gasteiger partial charge in [-0.1, -0.05) is 60.7 Å². The Kier molecular flexibility index (Phi) is 5.57. The second-order valence-electron chi connectivity index (χ2n) is 7.27. The molecule has 2 heterocycles. The number of hydroxylamine groups is 2. The number of benzene rings is 2. The summed E-state index contributed by atoms with van der Waals surface area (Å²) < 4.78 is 0. The van der Waals surface area contributed by atoms with Crippen molar-refractivity contribution in [1.82, 2.24) is 15.3 Å². The summed E-state index contributed by atoms with van der Waals surface area (Å²) in [4.78, 5) is 44.9. The highest BCUT2D eigenvalue weighted by Gasteiger charge is 2.47. The van der Waals surface area contributed by atoms with Gasteiger partial charge in [-0.05, 0) is 18.4 Å². The number of carbonyl (C=O) groups is 3. The van der Waals surface area contributed by atoms with Crippen LogP contribution in [0.3, 0.4) is 0 Å². The van der Waals surface area contributed by atoms with Gasteiger partial charge in [-0.25, -0.2) is 4.79 Å². The molecule has 3 amide bonds. The first-order valence-electron chi connectivity index (χ1n) is 9.76. The Morgan fingerprint density at radius 3 is 2.41 bits per heavy atom. The molecular weight excluding hydrogens is 370 g/mol. The minimum Gasteiger partial charge on any atom is -0.347 e. The average molecular weight is 393 g/mol. The van der Waals surface area contributed by atoms with Crippen molar-refractivity contribution in [3.8, 4) is 0 Å². The van der Waals surface area contributed by atoms with Crippen molar-refractivity contribution in [3.63, 3.8) is 0 Å². The normalized spacial score (nSPS) is 20.6. The number of amides is 3. The molecule has 0 aliphatic carbocycles. The van der Waals surface area contributed by atoms with Crippen molar-refractivity contribution in [1.29, 1.82) is 0 Å². The van der Waals surface area contributed by atoms with Crippen LogP contribution >= 0.6 is 0 Å². The molecule has 0 radical (unpaired) electrons. The third-order valence-electron chi connectivity index (χ3n) is 5.36. The van der Waals surface area contributed by atoms with E-state index in [1.54, 1.807) is 29.2 Å². The zero-order valence-corrected chi connectivity index (χ0v) is 16.0. The van der Waals surface area contributed by atoms with Crippen molar-refractivity contribution in [2.45, 2.75) is 31.5 Å². The molecule has 2 saturated heterocycles. The number of rotatable bonds is 7. The molecule has 2 aliphatic rings. The van der Waals surface area contributed by atoms with Crippen molar-refractivity contribution in [2.75, 3.05) is 13.1 Å². The summed E-state index contributed by atoms with van der Waals surface area (Å²) in [6.45, 7) is 0.677. The lowest BCUT2D eigenvalue weighted by Gasteiger charge is -2.29. The fourth-order valence-corrected chi connectivity index (χ4v) is 3.80. The molecule has 0 spiro atoms. The summed E-state index contributed by atoms with van der Waals surface area (Å²) in [5.74, 6) is -0.459. The first-order valence-corrected chi connectivity index (χ1v) is 9.76. The van der Waals surface area contributed by atoms with Gasteiger partial charge in [0.05, 0.1) is 12.6 Å². The molecule has 0 unspecified atom stereocenters. The van der Waals surface area contributed by atoms with Crippen LogP contribution in [0.4, 0.5) is 4.79 Å². The number of nitrogens with zero attached hydrogens (tertiary/aromatic N) is 2. The molecule has 2 atom stereocenters. The van der Waals surface area contributed by atoms with Crippen LogP contribution < -0.4 is 5.32 Å². The molecule has 7 nitrogen and oxygen atoms in total. The lowest BCUT2D eigenvalue weighted by atomic mass is 10.00. The van der Waals surface area contributed by atoms with Crippen LogP contribution in [0.15, 0.2) is 60.7 Å². The van der Waals surface area contributed by atoms with E-state index < -0.39 is 6.04 Å². The summed E-state index contributed by atoms with van der Waals surface area (Å²) in [5.41, 5.74) is 1.53. The Morgan fingerprint density at radius 1 is 1.00 bits per heavy atom. The van der Waals surface area contributed by atoms with Crippen LogP contribution in [0.1, 0.15) is 28.8 Å². The van der Waals surface area contributed by atoms with Gasteiger partial charge in [0, 0.05) is 12.1 Å². The topological polar surface area (TPSA) is 79.0 Å². The van der Waals surface area contributed by atoms with E-state index in [4.69, 9.17) is 4.84 Å². The SMILES string of the molecule is O=C(CNC(=O)[C@@H]1CC[C@H]2CN1C(=O)N2OCc1ccccc1)c1ccccc1. The molecule has 29 heavy (non-hydrogen) atoms. The summed E-state index contributed by atoms with van der Waals surface area (Å²) in [7, 11) is 0. The average Bonchev–Trinajstić information content (AvgIpc) is 3.01. The molecule has 4 rings (SSSR count). The quantitative estimate of drug-likeness (QED) is 0.733. The Bertz CT molecular complexity index is 887. The smallest absolute Gasteiger partial charge is 0.345 e. The number of hydrogen-bond acceptors (Lipinski definition) is 4. The second kappa shape index (κ2) is 8.45. The predicted molar refractivity (Wildman–Crippen MR) is 106 cm³/mol. The molecule has 7 heteroatoms. The highest BCUT2D eigenvalue weighted by Crippen LogP contribution is 2.30. The molecule has 2 aromatic carbocycles. The van der Waals surface area contributed by atoms with Gasteiger partial charge in [0.25, 0.3) is 0 Å². The van der Waals surface area contributed by atoms with Gasteiger partial charge < -0.3 is 10.2 Å². The first kappa shape index (κ1) is 19.1. The molecular formula is C22H23N3O4. The van der Waals surface area contributed by atoms with Crippen LogP contribution in [-0.2, 0) is 16.2 Å². The summed E-state index contributed by atoms with van der Waals surface area (Å²) in [5, 5.41) is 4.08. The predicted octanol–water partition coefficient (Wildman–Crippen LogP) is 2.39. The Hall–Kier alpha value is -3.19. The van der Waals surface area contributed by atoms with Crippen LogP contribution in [0.5, 0.6) is 0 Å². The molecule has 2 aromatic rings. The summed E-state index contributed by atoms with van der Waals surface area (Å²) >= 11 is 0. The molecule has 150 valence electrons. The van der Waals surface area contributed by atoms with Gasteiger partial charge >= 0.3 is 6.03 Å². The summed E-state index contributed by atoms with van der Waals surface area (Å²) in [6.07, 6.45) is 1.23. The maximum atomic E-state index is 12.8. The number of Topliss-reactive ketones (excluding diaryl/α,β-unsaturated/α-hetero) is 1. The highest BCUT2D eigenvalue weighted by atomic mass is 16.7. The Morgan fingerprint density at radius 2 is 1.69 bits per heavy atom. The van der Waals surface area contributed by atoms with Gasteiger partial charge in [0.15, 0.2) is 5.78 Å². The number of urea groups is 1. The minimum atomic E-state index is -0.576. The molecule has 2 bridgehead atoms. The van der Waals surface area contributed by atoms with E-state index in [1.807, 2.05) is 36.4 Å². The van der Waals surface area contributed by atoms with Crippen molar-refractivity contribution in [3.05, 3.63) is 71.8 Å². The number of ketones is 1. The largest absolute Gasteiger partial charge is 0.347 e. The molecule has 2 fully saturated rings. The number of carbonyl (C=O) groups excluding carboxylic acids is 3. The fraction of sp³-hybridized carbons (Fsp3) is 0.318. The van der Waals surface area contributed by atoms with E-state index >= 15 is 0 Å². The van der Waals surface area contributed by atoms with Crippen LogP contribution in [0.2, 0.25) is 0 Å². The Balaban J connectivity index is 1.33. The van der Waals surface area contributed by atoms with Crippen LogP contribution in [0, 0.1) is 0 Å². The standard InChI is InChI=1S/C22H23N3O4/c26-20(17-9-5-2-6-10-17)13-23-21(27)19-12-11-18-14-24(19)22(28)25(18)29-15-16-7-3-1-4-8-16/h1-10,18-19H,11-15H2,(H,23,27)/t18-,19-/m0/s1. The second-order valence-corrected chi connectivity index (χ2v) is 7.27. The number of hydrogen-bond donors (Lipinski definition) is 1. The molecule has 0 aromatic heterocycles. The van der Waals surface area contributed by atoms with E-state index in [0.29, 0.717) is 31.6 Å². The third-order valence-corrected chi connectivity index (χ3v) is 5.36. The van der Waals surface area contributed by atoms with E-state index in [2.05, 4.69) is 5.32 Å². The van der Waals surface area contributed by atoms with Gasteiger partial charge in [-0.3, -0.25) is 14.4 Å². The van der Waals surface area contributed by atoms with Crippen molar-refractivity contribution in [2.24, 2.45) is 0 Å². The highest BCUT2D eigenvalue weighted by molar-refractivity contribution is 6.00. The summed E-state index contributed by atoms with van der Waals surface area (Å²) in [6, 6.07) is 17.5. The van der Waals surface area contributed by atoms with E-state index in [-0.39, 0.29) is 30.3 Å². The monoisotopic (exact) mass is 393 g/mol. The number of nitrogens with one attached hydrogen (secondary N) is 1. The lowest BCUT2D eigenvalue weighted by molar-refractivity contribution is -0.140. The van der Waals surface area contributed by atoms with Gasteiger partial charge in [0.2, 0.25) is 5.91 Å². The van der Waals surface area contributed by atoms with Crippen LogP contribution in [-0.4, -0.2) is 52.9 Å². The molecule has 0 saturated carbocycles. The van der Waals surface area contributed by atoms with Gasteiger partial charge in [0.1, 0.15) is 12.6 Å². The maximum absolute atomic E-state index is 12.8. The van der Waals surface area contributed by atoms with Crippen LogP contribution in [0.25, 0.3) is 0 Å². The number of fused-ring (bicyclic) bond motifs is 2. The van der Waals surface area contributed by atoms with Gasteiger partial charge in [-0.2, -0.15) is 5.06 Å². The minimum absolute atomic E-state index is 0.0544. The van der Waals surface area contributed by atoms with E-state index in [0.717, 1.165) is 5.56 Å². The van der Waals surface area contributed by atoms with E-state index in [1.165, 1.54) is 5.06 Å². The van der Waals surface area contributed by atoms with Crippen molar-refractivity contribution < 1.29 is 19.2 Å². The Labute approximate surface area is 169 Å². The zero-order valence-electron chi connectivity index (χ0n) is 16.0. The molecule has 2 aliphatic heterocycles. The fourth-order valence-electron chi connectivity index (χ4n) is 3.80. The molecule has 1 N–H and O–H groups in total. The van der Waals surface area contributed by atoms with Gasteiger partial charge in [-0.15, -0.1) is 0 Å². The zero-order chi connectivity index (χ0) is 20.2. The van der Waals surface area contributed by atoms with Crippen molar-refractivity contribution >= 4 is 17.7 Å². The lowest BCUT2D eigenvalue weighted by Crippen LogP contribution is -2.50. The number of piperidine rings is 1. The third kappa shape index (κ3) is 4.14.